The van der Waals surface area contributed by atoms with Crippen LogP contribution in [0.25, 0.3) is 0 Å². The number of amides is 1. The highest BCUT2D eigenvalue weighted by molar-refractivity contribution is 9.10. The fourth-order valence-corrected chi connectivity index (χ4v) is 2.81. The van der Waals surface area contributed by atoms with Crippen molar-refractivity contribution in [2.24, 2.45) is 4.99 Å². The predicted octanol–water partition coefficient (Wildman–Crippen LogP) is 3.45. The van der Waals surface area contributed by atoms with Crippen molar-refractivity contribution in [1.29, 1.82) is 0 Å². The maximum atomic E-state index is 12.1. The lowest BCUT2D eigenvalue weighted by atomic mass is 10.1. The predicted molar refractivity (Wildman–Crippen MR) is 115 cm³/mol. The molecular formula is C21H27BrN4O. The molecule has 0 bridgehead atoms. The van der Waals surface area contributed by atoms with Crippen molar-refractivity contribution in [1.82, 2.24) is 15.5 Å². The van der Waals surface area contributed by atoms with Gasteiger partial charge in [0.25, 0.3) is 5.91 Å². The molecular weight excluding hydrogens is 404 g/mol. The molecule has 2 aromatic rings. The van der Waals surface area contributed by atoms with E-state index in [-0.39, 0.29) is 5.91 Å². The summed E-state index contributed by atoms with van der Waals surface area (Å²) in [6.07, 6.45) is 0.817. The standard InChI is InChI=1S/C21H27BrN4O/c1-4-23-21(25-15-17-8-10-19(22)11-9-17)24-13-12-16-6-5-7-18(14-16)20(27)26(2)3/h5-11,14H,4,12-13,15H2,1-3H3,(H2,23,24,25). The maximum absolute atomic E-state index is 12.1. The number of nitrogens with zero attached hydrogens (tertiary/aromatic N) is 2. The normalized spacial score (nSPS) is 11.2. The number of carbonyl (C=O) groups is 1. The number of guanidine groups is 1. The van der Waals surface area contributed by atoms with Crippen LogP contribution in [0.15, 0.2) is 58.0 Å². The van der Waals surface area contributed by atoms with Gasteiger partial charge in [0.05, 0.1) is 6.54 Å². The van der Waals surface area contributed by atoms with Crippen molar-refractivity contribution in [3.63, 3.8) is 0 Å². The quantitative estimate of drug-likeness (QED) is 0.522. The van der Waals surface area contributed by atoms with Gasteiger partial charge in [-0.1, -0.05) is 40.2 Å². The molecule has 6 heteroatoms. The van der Waals surface area contributed by atoms with Gasteiger partial charge < -0.3 is 15.5 Å². The summed E-state index contributed by atoms with van der Waals surface area (Å²) in [5.41, 5.74) is 3.00. The molecule has 0 unspecified atom stereocenters. The minimum absolute atomic E-state index is 0.0224. The van der Waals surface area contributed by atoms with Crippen LogP contribution in [0.2, 0.25) is 0 Å². The molecule has 144 valence electrons. The van der Waals surface area contributed by atoms with Crippen LogP contribution >= 0.6 is 15.9 Å². The Morgan fingerprint density at radius 1 is 1.07 bits per heavy atom. The molecule has 0 aromatic heterocycles. The molecule has 2 N–H and O–H groups in total. The number of rotatable bonds is 7. The first-order valence-electron chi connectivity index (χ1n) is 9.07. The molecule has 0 aliphatic heterocycles. The van der Waals surface area contributed by atoms with E-state index < -0.39 is 0 Å². The average molecular weight is 431 g/mol. The van der Waals surface area contributed by atoms with Gasteiger partial charge in [0.1, 0.15) is 0 Å². The van der Waals surface area contributed by atoms with E-state index in [4.69, 9.17) is 0 Å². The summed E-state index contributed by atoms with van der Waals surface area (Å²) in [5, 5.41) is 6.62. The van der Waals surface area contributed by atoms with E-state index in [1.54, 1.807) is 19.0 Å². The van der Waals surface area contributed by atoms with Crippen molar-refractivity contribution in [2.75, 3.05) is 27.2 Å². The molecule has 0 aliphatic carbocycles. The third-order valence-electron chi connectivity index (χ3n) is 3.96. The molecule has 5 nitrogen and oxygen atoms in total. The van der Waals surface area contributed by atoms with E-state index >= 15 is 0 Å². The Balaban J connectivity index is 1.92. The van der Waals surface area contributed by atoms with E-state index in [0.29, 0.717) is 12.1 Å². The SMILES string of the molecule is CCNC(=NCc1ccc(Br)cc1)NCCc1cccc(C(=O)N(C)C)c1. The van der Waals surface area contributed by atoms with E-state index in [2.05, 4.69) is 43.7 Å². The fourth-order valence-electron chi connectivity index (χ4n) is 2.55. The van der Waals surface area contributed by atoms with E-state index in [0.717, 1.165) is 41.1 Å². The highest BCUT2D eigenvalue weighted by atomic mass is 79.9. The molecule has 0 radical (unpaired) electrons. The second-order valence-electron chi connectivity index (χ2n) is 6.40. The summed E-state index contributed by atoms with van der Waals surface area (Å²) < 4.78 is 1.07. The van der Waals surface area contributed by atoms with Gasteiger partial charge in [-0.25, -0.2) is 4.99 Å². The van der Waals surface area contributed by atoms with Crippen molar-refractivity contribution >= 4 is 27.8 Å². The molecule has 0 saturated carbocycles. The number of aliphatic imine (C=N–C) groups is 1. The minimum Gasteiger partial charge on any atom is -0.357 e. The summed E-state index contributed by atoms with van der Waals surface area (Å²) in [7, 11) is 3.53. The minimum atomic E-state index is 0.0224. The monoisotopic (exact) mass is 430 g/mol. The number of hydrogen-bond donors (Lipinski definition) is 2. The van der Waals surface area contributed by atoms with E-state index in [1.165, 1.54) is 0 Å². The van der Waals surface area contributed by atoms with Crippen LogP contribution in [0.1, 0.15) is 28.4 Å². The van der Waals surface area contributed by atoms with Crippen LogP contribution in [0.3, 0.4) is 0 Å². The summed E-state index contributed by atoms with van der Waals surface area (Å²) in [6, 6.07) is 15.9. The summed E-state index contributed by atoms with van der Waals surface area (Å²) in [4.78, 5) is 18.3. The third kappa shape index (κ3) is 7.06. The van der Waals surface area contributed by atoms with Gasteiger partial charge in [-0.05, 0) is 48.7 Å². The first-order chi connectivity index (χ1) is 13.0. The number of benzene rings is 2. The smallest absolute Gasteiger partial charge is 0.253 e. The number of hydrogen-bond acceptors (Lipinski definition) is 2. The van der Waals surface area contributed by atoms with Gasteiger partial charge in [-0.2, -0.15) is 0 Å². The molecule has 2 aromatic carbocycles. The molecule has 0 atom stereocenters. The van der Waals surface area contributed by atoms with Crippen LogP contribution in [-0.4, -0.2) is 44.0 Å². The summed E-state index contributed by atoms with van der Waals surface area (Å²) in [5.74, 6) is 0.815. The second kappa shape index (κ2) is 10.7. The zero-order valence-electron chi connectivity index (χ0n) is 16.1. The summed E-state index contributed by atoms with van der Waals surface area (Å²) >= 11 is 3.44. The Bertz CT molecular complexity index is 772. The Morgan fingerprint density at radius 2 is 1.81 bits per heavy atom. The maximum Gasteiger partial charge on any atom is 0.253 e. The highest BCUT2D eigenvalue weighted by Crippen LogP contribution is 2.11. The lowest BCUT2D eigenvalue weighted by Gasteiger charge is -2.13. The van der Waals surface area contributed by atoms with Gasteiger partial charge in [0, 0.05) is 37.2 Å². The van der Waals surface area contributed by atoms with Crippen LogP contribution < -0.4 is 10.6 Å². The van der Waals surface area contributed by atoms with Crippen LogP contribution in [0, 0.1) is 0 Å². The number of halogens is 1. The molecule has 2 rings (SSSR count). The van der Waals surface area contributed by atoms with E-state index in [1.807, 2.05) is 43.3 Å². The molecule has 0 spiro atoms. The third-order valence-corrected chi connectivity index (χ3v) is 4.49. The molecule has 0 aliphatic rings. The Morgan fingerprint density at radius 3 is 2.48 bits per heavy atom. The number of nitrogens with one attached hydrogen (secondary N) is 2. The number of carbonyl (C=O) groups excluding carboxylic acids is 1. The molecule has 1 amide bonds. The van der Waals surface area contributed by atoms with Crippen molar-refractivity contribution in [2.45, 2.75) is 19.9 Å². The second-order valence-corrected chi connectivity index (χ2v) is 7.31. The largest absolute Gasteiger partial charge is 0.357 e. The van der Waals surface area contributed by atoms with Gasteiger partial charge in [0.2, 0.25) is 0 Å². The van der Waals surface area contributed by atoms with Gasteiger partial charge in [-0.15, -0.1) is 0 Å². The van der Waals surface area contributed by atoms with Crippen LogP contribution in [0.4, 0.5) is 0 Å². The lowest BCUT2D eigenvalue weighted by Crippen LogP contribution is -2.38. The van der Waals surface area contributed by atoms with Crippen molar-refractivity contribution in [3.8, 4) is 0 Å². The molecule has 0 fully saturated rings. The van der Waals surface area contributed by atoms with Crippen molar-refractivity contribution < 1.29 is 4.79 Å². The average Bonchev–Trinajstić information content (AvgIpc) is 2.67. The first kappa shape index (κ1) is 21.0. The molecule has 0 heterocycles. The molecule has 0 saturated heterocycles. The fraction of sp³-hybridized carbons (Fsp3) is 0.333. The van der Waals surface area contributed by atoms with Crippen LogP contribution in [-0.2, 0) is 13.0 Å². The van der Waals surface area contributed by atoms with Crippen molar-refractivity contribution in [3.05, 3.63) is 69.7 Å². The lowest BCUT2D eigenvalue weighted by molar-refractivity contribution is 0.0827. The van der Waals surface area contributed by atoms with Crippen LogP contribution in [0.5, 0.6) is 0 Å². The first-order valence-corrected chi connectivity index (χ1v) is 9.86. The zero-order chi connectivity index (χ0) is 19.6. The zero-order valence-corrected chi connectivity index (χ0v) is 17.7. The summed E-state index contributed by atoms with van der Waals surface area (Å²) in [6.45, 7) is 4.22. The molecule has 27 heavy (non-hydrogen) atoms. The van der Waals surface area contributed by atoms with Gasteiger partial charge in [0.15, 0.2) is 5.96 Å². The highest BCUT2D eigenvalue weighted by Gasteiger charge is 2.08. The Labute approximate surface area is 170 Å². The van der Waals surface area contributed by atoms with Gasteiger partial charge >= 0.3 is 0 Å². The Hall–Kier alpha value is -2.34. The Kier molecular flexibility index (Phi) is 8.33. The van der Waals surface area contributed by atoms with E-state index in [9.17, 15) is 4.79 Å². The van der Waals surface area contributed by atoms with Gasteiger partial charge in [-0.3, -0.25) is 4.79 Å². The topological polar surface area (TPSA) is 56.7 Å².